The number of hydrogen-bond donors (Lipinski definition) is 1. The Hall–Kier alpha value is -1.13. The number of nitrogen functional groups attached to an aromatic ring is 1. The van der Waals surface area contributed by atoms with Gasteiger partial charge in [0, 0.05) is 15.5 Å². The van der Waals surface area contributed by atoms with Crippen molar-refractivity contribution in [1.29, 1.82) is 0 Å². The van der Waals surface area contributed by atoms with Gasteiger partial charge in [0.05, 0.1) is 16.6 Å². The van der Waals surface area contributed by atoms with E-state index in [0.717, 1.165) is 21.0 Å². The van der Waals surface area contributed by atoms with Crippen LogP contribution in [0.1, 0.15) is 10.4 Å². The molecule has 0 saturated carbocycles. The van der Waals surface area contributed by atoms with Crippen molar-refractivity contribution in [1.82, 2.24) is 0 Å². The molecule has 0 spiro atoms. The first-order chi connectivity index (χ1) is 7.66. The van der Waals surface area contributed by atoms with Gasteiger partial charge in [-0.25, -0.2) is 0 Å². The molecular weight excluding hydrogens is 238 g/mol. The van der Waals surface area contributed by atoms with E-state index in [1.807, 2.05) is 36.6 Å². The molecule has 1 heterocycles. The predicted molar refractivity (Wildman–Crippen MR) is 70.0 cm³/mol. The fraction of sp³-hybridized carbons (Fsp3) is 0.167. The van der Waals surface area contributed by atoms with Gasteiger partial charge < -0.3 is 5.73 Å². The topological polar surface area (TPSA) is 43.1 Å². The second kappa shape index (κ2) is 4.80. The molecule has 0 amide bonds. The van der Waals surface area contributed by atoms with Gasteiger partial charge in [0.25, 0.3) is 0 Å². The quantitative estimate of drug-likeness (QED) is 0.852. The molecule has 0 aliphatic rings. The molecule has 1 aromatic carbocycles. The average molecular weight is 251 g/mol. The van der Waals surface area contributed by atoms with Crippen molar-refractivity contribution in [2.45, 2.75) is 17.6 Å². The molecule has 2 aromatic rings. The number of nitrogens with two attached hydrogens (primary N) is 1. The first-order valence-corrected chi connectivity index (χ1v) is 7.13. The summed E-state index contributed by atoms with van der Waals surface area (Å²) in [5, 5.41) is 2.00. The van der Waals surface area contributed by atoms with Crippen LogP contribution in [0.3, 0.4) is 0 Å². The summed E-state index contributed by atoms with van der Waals surface area (Å²) in [6.45, 7) is 1.94. The second-order valence-corrected chi connectivity index (χ2v) is 6.05. The Balaban J connectivity index is 2.21. The van der Waals surface area contributed by atoms with E-state index in [0.29, 0.717) is 5.75 Å². The zero-order valence-electron chi connectivity index (χ0n) is 8.97. The highest BCUT2D eigenvalue weighted by atomic mass is 32.2. The molecular formula is C12H13NOS2. The molecule has 0 saturated heterocycles. The monoisotopic (exact) mass is 251 g/mol. The van der Waals surface area contributed by atoms with E-state index in [1.165, 1.54) is 0 Å². The molecule has 1 atom stereocenters. The molecule has 0 aliphatic heterocycles. The van der Waals surface area contributed by atoms with Crippen molar-refractivity contribution >= 4 is 27.8 Å². The van der Waals surface area contributed by atoms with Gasteiger partial charge in [-0.2, -0.15) is 0 Å². The van der Waals surface area contributed by atoms with Crippen molar-refractivity contribution in [3.05, 3.63) is 46.2 Å². The minimum atomic E-state index is -0.978. The number of thiophene rings is 1. The molecule has 4 heteroatoms. The normalized spacial score (nSPS) is 12.6. The second-order valence-electron chi connectivity index (χ2n) is 3.59. The first kappa shape index (κ1) is 11.4. The Kier molecular flexibility index (Phi) is 3.41. The molecule has 2 nitrogen and oxygen atoms in total. The molecule has 84 valence electrons. The summed E-state index contributed by atoms with van der Waals surface area (Å²) in [4.78, 5) is 2.03. The fourth-order valence-corrected chi connectivity index (χ4v) is 3.76. The van der Waals surface area contributed by atoms with Crippen LogP contribution in [0.25, 0.3) is 0 Å². The lowest BCUT2D eigenvalue weighted by Crippen LogP contribution is -1.98. The van der Waals surface area contributed by atoms with E-state index in [-0.39, 0.29) is 0 Å². The van der Waals surface area contributed by atoms with E-state index in [9.17, 15) is 4.21 Å². The third kappa shape index (κ3) is 2.51. The maximum absolute atomic E-state index is 12.1. The summed E-state index contributed by atoms with van der Waals surface area (Å²) in [7, 11) is -0.978. The summed E-state index contributed by atoms with van der Waals surface area (Å²) in [6.07, 6.45) is 0. The first-order valence-electron chi connectivity index (χ1n) is 4.93. The fourth-order valence-electron chi connectivity index (χ4n) is 1.53. The van der Waals surface area contributed by atoms with Crippen LogP contribution < -0.4 is 5.73 Å². The summed E-state index contributed by atoms with van der Waals surface area (Å²) in [5.74, 6) is 0.586. The van der Waals surface area contributed by atoms with Crippen molar-refractivity contribution in [2.75, 3.05) is 5.73 Å². The largest absolute Gasteiger partial charge is 0.399 e. The van der Waals surface area contributed by atoms with Crippen LogP contribution in [0, 0.1) is 6.92 Å². The van der Waals surface area contributed by atoms with Crippen LogP contribution in [0.15, 0.2) is 40.6 Å². The summed E-state index contributed by atoms with van der Waals surface area (Å²) in [5.41, 5.74) is 7.38. The van der Waals surface area contributed by atoms with E-state index in [2.05, 4.69) is 0 Å². The number of hydrogen-bond acceptors (Lipinski definition) is 3. The van der Waals surface area contributed by atoms with Gasteiger partial charge in [0.15, 0.2) is 0 Å². The van der Waals surface area contributed by atoms with Crippen molar-refractivity contribution in [3.63, 3.8) is 0 Å². The van der Waals surface area contributed by atoms with Crippen molar-refractivity contribution in [3.8, 4) is 0 Å². The lowest BCUT2D eigenvalue weighted by molar-refractivity contribution is 0.682. The number of rotatable bonds is 3. The Morgan fingerprint density at radius 3 is 2.81 bits per heavy atom. The summed E-state index contributed by atoms with van der Waals surface area (Å²) >= 11 is 1.64. The molecule has 0 aliphatic carbocycles. The van der Waals surface area contributed by atoms with E-state index in [4.69, 9.17) is 5.73 Å². The lowest BCUT2D eigenvalue weighted by Gasteiger charge is -2.05. The van der Waals surface area contributed by atoms with Crippen molar-refractivity contribution in [2.24, 2.45) is 0 Å². The Labute approximate surface area is 102 Å². The summed E-state index contributed by atoms with van der Waals surface area (Å²) in [6, 6.07) is 9.51. The van der Waals surface area contributed by atoms with Crippen molar-refractivity contribution < 1.29 is 4.21 Å². The van der Waals surface area contributed by atoms with Gasteiger partial charge in [-0.1, -0.05) is 6.07 Å². The Morgan fingerprint density at radius 1 is 1.38 bits per heavy atom. The standard InChI is InChI=1S/C12H13NOS2/c1-9-7-10(13)4-5-12(9)16(14)8-11-3-2-6-15-11/h2-7H,8,13H2,1H3. The number of benzene rings is 1. The van der Waals surface area contributed by atoms with Crippen LogP contribution in [0.4, 0.5) is 5.69 Å². The van der Waals surface area contributed by atoms with Crippen LogP contribution in [0.5, 0.6) is 0 Å². The van der Waals surface area contributed by atoms with Gasteiger partial charge in [0.2, 0.25) is 0 Å². The van der Waals surface area contributed by atoms with Gasteiger partial charge in [-0.05, 0) is 42.1 Å². The molecule has 0 bridgehead atoms. The van der Waals surface area contributed by atoms with E-state index in [1.54, 1.807) is 17.4 Å². The molecule has 16 heavy (non-hydrogen) atoms. The van der Waals surface area contributed by atoms with Gasteiger partial charge in [-0.15, -0.1) is 11.3 Å². The van der Waals surface area contributed by atoms with Gasteiger partial charge in [0.1, 0.15) is 0 Å². The Bertz CT molecular complexity index is 506. The highest BCUT2D eigenvalue weighted by molar-refractivity contribution is 7.84. The van der Waals surface area contributed by atoms with Crippen LogP contribution in [-0.4, -0.2) is 4.21 Å². The molecule has 2 rings (SSSR count). The Morgan fingerprint density at radius 2 is 2.19 bits per heavy atom. The van der Waals surface area contributed by atoms with Gasteiger partial charge >= 0.3 is 0 Å². The van der Waals surface area contributed by atoms with Gasteiger partial charge in [-0.3, -0.25) is 4.21 Å². The van der Waals surface area contributed by atoms with Crippen LogP contribution in [0.2, 0.25) is 0 Å². The third-order valence-corrected chi connectivity index (χ3v) is 4.88. The smallest absolute Gasteiger partial charge is 0.0626 e. The average Bonchev–Trinajstić information content (AvgIpc) is 2.70. The van der Waals surface area contributed by atoms with E-state index >= 15 is 0 Å². The maximum atomic E-state index is 12.1. The van der Waals surface area contributed by atoms with Crippen LogP contribution >= 0.6 is 11.3 Å². The van der Waals surface area contributed by atoms with E-state index < -0.39 is 10.8 Å². The predicted octanol–water partition coefficient (Wildman–Crippen LogP) is 2.95. The minimum Gasteiger partial charge on any atom is -0.399 e. The zero-order chi connectivity index (χ0) is 11.5. The lowest BCUT2D eigenvalue weighted by atomic mass is 10.2. The highest BCUT2D eigenvalue weighted by Crippen LogP contribution is 2.20. The number of anilines is 1. The SMILES string of the molecule is Cc1cc(N)ccc1S(=O)Cc1cccs1. The van der Waals surface area contributed by atoms with Crippen LogP contribution in [-0.2, 0) is 16.6 Å². The molecule has 1 aromatic heterocycles. The molecule has 0 radical (unpaired) electrons. The third-order valence-electron chi connectivity index (χ3n) is 2.30. The minimum absolute atomic E-state index is 0.586. The molecule has 1 unspecified atom stereocenters. The number of aryl methyl sites for hydroxylation is 1. The maximum Gasteiger partial charge on any atom is 0.0626 e. The molecule has 0 fully saturated rings. The molecule has 2 N–H and O–H groups in total. The highest BCUT2D eigenvalue weighted by Gasteiger charge is 2.08. The summed E-state index contributed by atoms with van der Waals surface area (Å²) < 4.78 is 12.1. The zero-order valence-corrected chi connectivity index (χ0v) is 10.6.